The van der Waals surface area contributed by atoms with Crippen LogP contribution in [0.5, 0.6) is 0 Å². The molecule has 5 heteroatoms. The van der Waals surface area contributed by atoms with Crippen molar-refractivity contribution in [3.63, 3.8) is 0 Å². The van der Waals surface area contributed by atoms with Crippen molar-refractivity contribution in [2.45, 2.75) is 13.0 Å². The van der Waals surface area contributed by atoms with Crippen molar-refractivity contribution in [1.82, 2.24) is 0 Å². The van der Waals surface area contributed by atoms with E-state index in [9.17, 15) is 9.18 Å². The minimum absolute atomic E-state index is 0.208. The van der Waals surface area contributed by atoms with Crippen LogP contribution in [-0.2, 0) is 17.8 Å². The number of halogens is 2. The Hall–Kier alpha value is -2.07. The maximum absolute atomic E-state index is 13.6. The van der Waals surface area contributed by atoms with Crippen LogP contribution in [0.4, 0.5) is 10.1 Å². The van der Waals surface area contributed by atoms with Crippen LogP contribution >= 0.6 is 11.6 Å². The number of carbonyl (C=O) groups excluding carboxylic acids is 1. The summed E-state index contributed by atoms with van der Waals surface area (Å²) in [6.07, 6.45) is 0.208. The molecule has 0 heterocycles. The number of benzene rings is 2. The highest BCUT2D eigenvalue weighted by Crippen LogP contribution is 2.20. The highest BCUT2D eigenvalue weighted by atomic mass is 35.5. The molecule has 2 rings (SSSR count). The van der Waals surface area contributed by atoms with E-state index in [-0.39, 0.29) is 18.1 Å². The first kappa shape index (κ1) is 14.3. The number of rotatable bonds is 5. The summed E-state index contributed by atoms with van der Waals surface area (Å²) in [6, 6.07) is 11.8. The zero-order valence-electron chi connectivity index (χ0n) is 10.7. The fourth-order valence-electron chi connectivity index (χ4n) is 1.83. The molecular formula is C15H14ClFN2O. The van der Waals surface area contributed by atoms with E-state index in [2.05, 4.69) is 5.32 Å². The van der Waals surface area contributed by atoms with Gasteiger partial charge in [-0.05, 0) is 29.8 Å². The van der Waals surface area contributed by atoms with E-state index in [1.165, 1.54) is 6.07 Å². The van der Waals surface area contributed by atoms with Gasteiger partial charge in [0.2, 0.25) is 5.91 Å². The smallest absolute Gasteiger partial charge is 0.221 e. The SMILES string of the molecule is NC(=O)Cc1ccc(NCc2c(F)cccc2Cl)cc1. The summed E-state index contributed by atoms with van der Waals surface area (Å²) in [5.41, 5.74) is 7.20. The number of nitrogens with two attached hydrogens (primary N) is 1. The summed E-state index contributed by atoms with van der Waals surface area (Å²) < 4.78 is 13.6. The van der Waals surface area contributed by atoms with Gasteiger partial charge in [0.15, 0.2) is 0 Å². The zero-order valence-corrected chi connectivity index (χ0v) is 11.5. The lowest BCUT2D eigenvalue weighted by atomic mass is 10.1. The van der Waals surface area contributed by atoms with Gasteiger partial charge in [0, 0.05) is 22.8 Å². The van der Waals surface area contributed by atoms with Crippen LogP contribution < -0.4 is 11.1 Å². The second-order valence-electron chi connectivity index (χ2n) is 4.39. The molecule has 0 aliphatic carbocycles. The van der Waals surface area contributed by atoms with Crippen molar-refractivity contribution in [2.75, 3.05) is 5.32 Å². The maximum Gasteiger partial charge on any atom is 0.221 e. The van der Waals surface area contributed by atoms with Gasteiger partial charge in [-0.25, -0.2) is 4.39 Å². The Kier molecular flexibility index (Phi) is 4.58. The molecule has 20 heavy (non-hydrogen) atoms. The Labute approximate surface area is 121 Å². The summed E-state index contributed by atoms with van der Waals surface area (Å²) in [5, 5.41) is 3.47. The first-order chi connectivity index (χ1) is 9.56. The number of nitrogens with one attached hydrogen (secondary N) is 1. The molecule has 0 atom stereocenters. The van der Waals surface area contributed by atoms with Gasteiger partial charge in [0.1, 0.15) is 5.82 Å². The lowest BCUT2D eigenvalue weighted by Gasteiger charge is -2.09. The molecule has 2 aromatic carbocycles. The van der Waals surface area contributed by atoms with E-state index < -0.39 is 0 Å². The minimum atomic E-state index is -0.371. The molecule has 0 saturated carbocycles. The van der Waals surface area contributed by atoms with E-state index in [1.807, 2.05) is 12.1 Å². The quantitative estimate of drug-likeness (QED) is 0.889. The van der Waals surface area contributed by atoms with Gasteiger partial charge in [0.05, 0.1) is 6.42 Å². The second kappa shape index (κ2) is 6.39. The Bertz CT molecular complexity index is 594. The van der Waals surface area contributed by atoms with Crippen LogP contribution in [0, 0.1) is 5.82 Å². The van der Waals surface area contributed by atoms with Crippen LogP contribution in [0.1, 0.15) is 11.1 Å². The molecule has 3 nitrogen and oxygen atoms in total. The summed E-state index contributed by atoms with van der Waals surface area (Å²) in [7, 11) is 0. The predicted molar refractivity (Wildman–Crippen MR) is 78.1 cm³/mol. The van der Waals surface area contributed by atoms with E-state index in [4.69, 9.17) is 17.3 Å². The summed E-state index contributed by atoms with van der Waals surface area (Å²) in [5.74, 6) is -0.709. The van der Waals surface area contributed by atoms with E-state index in [1.54, 1.807) is 24.3 Å². The van der Waals surface area contributed by atoms with Crippen molar-refractivity contribution in [3.8, 4) is 0 Å². The van der Waals surface area contributed by atoms with Gasteiger partial charge < -0.3 is 11.1 Å². The number of primary amides is 1. The summed E-state index contributed by atoms with van der Waals surface area (Å²) >= 11 is 5.95. The van der Waals surface area contributed by atoms with Gasteiger partial charge in [0.25, 0.3) is 0 Å². The first-order valence-electron chi connectivity index (χ1n) is 6.10. The van der Waals surface area contributed by atoms with Crippen molar-refractivity contribution in [2.24, 2.45) is 5.73 Å². The molecular weight excluding hydrogens is 279 g/mol. The number of carbonyl (C=O) groups is 1. The monoisotopic (exact) mass is 292 g/mol. The van der Waals surface area contributed by atoms with Crippen LogP contribution in [0.2, 0.25) is 5.02 Å². The highest BCUT2D eigenvalue weighted by Gasteiger charge is 2.06. The van der Waals surface area contributed by atoms with Crippen molar-refractivity contribution in [3.05, 3.63) is 64.4 Å². The lowest BCUT2D eigenvalue weighted by molar-refractivity contribution is -0.117. The maximum atomic E-state index is 13.6. The largest absolute Gasteiger partial charge is 0.381 e. The van der Waals surface area contributed by atoms with Crippen LogP contribution in [0.3, 0.4) is 0 Å². The fourth-order valence-corrected chi connectivity index (χ4v) is 2.06. The average molecular weight is 293 g/mol. The Morgan fingerprint density at radius 3 is 2.50 bits per heavy atom. The van der Waals surface area contributed by atoms with Crippen molar-refractivity contribution < 1.29 is 9.18 Å². The predicted octanol–water partition coefficient (Wildman–Crippen LogP) is 3.12. The van der Waals surface area contributed by atoms with Crippen molar-refractivity contribution >= 4 is 23.2 Å². The molecule has 0 bridgehead atoms. The first-order valence-corrected chi connectivity index (χ1v) is 6.48. The van der Waals surface area contributed by atoms with Crippen molar-refractivity contribution in [1.29, 1.82) is 0 Å². The Morgan fingerprint density at radius 1 is 1.20 bits per heavy atom. The summed E-state index contributed by atoms with van der Waals surface area (Å²) in [6.45, 7) is 0.292. The standard InChI is InChI=1S/C15H14ClFN2O/c16-13-2-1-3-14(17)12(13)9-19-11-6-4-10(5-7-11)8-15(18)20/h1-7,19H,8-9H2,(H2,18,20). The average Bonchev–Trinajstić information content (AvgIpc) is 2.39. The third-order valence-corrected chi connectivity index (χ3v) is 3.22. The Morgan fingerprint density at radius 2 is 1.90 bits per heavy atom. The van der Waals surface area contributed by atoms with Gasteiger partial charge in [-0.1, -0.05) is 29.8 Å². The molecule has 3 N–H and O–H groups in total. The van der Waals surface area contributed by atoms with Crippen LogP contribution in [0.25, 0.3) is 0 Å². The molecule has 0 saturated heterocycles. The van der Waals surface area contributed by atoms with Gasteiger partial charge >= 0.3 is 0 Å². The number of hydrogen-bond donors (Lipinski definition) is 2. The molecule has 0 spiro atoms. The molecule has 104 valence electrons. The fraction of sp³-hybridized carbons (Fsp3) is 0.133. The van der Waals surface area contributed by atoms with E-state index in [0.717, 1.165) is 11.3 Å². The topological polar surface area (TPSA) is 55.1 Å². The number of amides is 1. The lowest BCUT2D eigenvalue weighted by Crippen LogP contribution is -2.13. The number of anilines is 1. The number of hydrogen-bond acceptors (Lipinski definition) is 2. The molecule has 0 fully saturated rings. The van der Waals surface area contributed by atoms with Gasteiger partial charge in [-0.3, -0.25) is 4.79 Å². The van der Waals surface area contributed by atoms with Gasteiger partial charge in [-0.2, -0.15) is 0 Å². The molecule has 1 amide bonds. The second-order valence-corrected chi connectivity index (χ2v) is 4.80. The molecule has 0 aliphatic heterocycles. The van der Waals surface area contributed by atoms with E-state index in [0.29, 0.717) is 17.1 Å². The van der Waals surface area contributed by atoms with Crippen LogP contribution in [-0.4, -0.2) is 5.91 Å². The molecule has 2 aromatic rings. The van der Waals surface area contributed by atoms with E-state index >= 15 is 0 Å². The third kappa shape index (κ3) is 3.71. The minimum Gasteiger partial charge on any atom is -0.381 e. The molecule has 0 aliphatic rings. The molecule has 0 unspecified atom stereocenters. The van der Waals surface area contributed by atoms with Gasteiger partial charge in [-0.15, -0.1) is 0 Å². The summed E-state index contributed by atoms with van der Waals surface area (Å²) in [4.78, 5) is 10.8. The van der Waals surface area contributed by atoms with Crippen LogP contribution in [0.15, 0.2) is 42.5 Å². The zero-order chi connectivity index (χ0) is 14.5. The Balaban J connectivity index is 2.02. The molecule has 0 radical (unpaired) electrons. The molecule has 0 aromatic heterocycles. The highest BCUT2D eigenvalue weighted by molar-refractivity contribution is 6.31. The third-order valence-electron chi connectivity index (χ3n) is 2.86. The normalized spacial score (nSPS) is 10.3.